The molecule has 1 fully saturated rings. The number of hydrogen-bond donors (Lipinski definition) is 1. The molecule has 1 aliphatic rings. The summed E-state index contributed by atoms with van der Waals surface area (Å²) in [5.74, 6) is 1.15. The highest BCUT2D eigenvalue weighted by Crippen LogP contribution is 2.26. The third-order valence-electron chi connectivity index (χ3n) is 5.88. The van der Waals surface area contributed by atoms with Gasteiger partial charge in [0.05, 0.1) is 5.52 Å². The third kappa shape index (κ3) is 6.13. The zero-order valence-electron chi connectivity index (χ0n) is 21.9. The van der Waals surface area contributed by atoms with Gasteiger partial charge < -0.3 is 24.3 Å². The second kappa shape index (κ2) is 9.79. The van der Waals surface area contributed by atoms with Gasteiger partial charge in [0.1, 0.15) is 23.9 Å². The first-order valence-electron chi connectivity index (χ1n) is 12.3. The fourth-order valence-electron chi connectivity index (χ4n) is 3.92. The molecule has 9 heteroatoms. The van der Waals surface area contributed by atoms with Crippen LogP contribution in [0.1, 0.15) is 54.4 Å². The van der Waals surface area contributed by atoms with Crippen LogP contribution in [0.4, 0.5) is 10.5 Å². The summed E-state index contributed by atoms with van der Waals surface area (Å²) in [6.45, 7) is 12.4. The summed E-state index contributed by atoms with van der Waals surface area (Å²) in [5.41, 5.74) is 0.737. The Morgan fingerprint density at radius 1 is 1.00 bits per heavy atom. The van der Waals surface area contributed by atoms with Gasteiger partial charge in [-0.15, -0.1) is 0 Å². The van der Waals surface area contributed by atoms with Gasteiger partial charge in [-0.2, -0.15) is 0 Å². The zero-order chi connectivity index (χ0) is 26.1. The number of fused-ring (bicyclic) bond motifs is 1. The van der Waals surface area contributed by atoms with E-state index in [0.29, 0.717) is 37.6 Å². The molecule has 36 heavy (non-hydrogen) atoms. The number of piperidine rings is 1. The second-order valence-corrected chi connectivity index (χ2v) is 11.2. The number of carbonyl (C=O) groups is 2. The van der Waals surface area contributed by atoms with Crippen LogP contribution in [-0.4, -0.2) is 56.2 Å². The van der Waals surface area contributed by atoms with Gasteiger partial charge in [0.25, 0.3) is 0 Å². The van der Waals surface area contributed by atoms with Crippen molar-refractivity contribution < 1.29 is 19.1 Å². The number of anilines is 1. The SMILES string of the molecule is CC(C)(C)OC(=O)N1CCC(Oc2cc(-n3ccc4cc(NC(=O)C(C)(C)C)ccc43)ncn2)CC1. The van der Waals surface area contributed by atoms with E-state index in [4.69, 9.17) is 9.47 Å². The Hall–Kier alpha value is -3.62. The van der Waals surface area contributed by atoms with Crippen LogP contribution >= 0.6 is 0 Å². The average molecular weight is 494 g/mol. The predicted molar refractivity (Wildman–Crippen MR) is 138 cm³/mol. The molecule has 0 unspecified atom stereocenters. The van der Waals surface area contributed by atoms with Crippen molar-refractivity contribution in [3.05, 3.63) is 42.9 Å². The molecule has 9 nitrogen and oxygen atoms in total. The number of nitrogens with zero attached hydrogens (tertiary/aromatic N) is 4. The Bertz CT molecular complexity index is 1250. The van der Waals surface area contributed by atoms with E-state index in [1.54, 1.807) is 4.90 Å². The number of amides is 2. The summed E-state index contributed by atoms with van der Waals surface area (Å²) in [7, 11) is 0. The number of rotatable bonds is 4. The summed E-state index contributed by atoms with van der Waals surface area (Å²) < 4.78 is 13.6. The van der Waals surface area contributed by atoms with Gasteiger partial charge in [-0.1, -0.05) is 20.8 Å². The van der Waals surface area contributed by atoms with Gasteiger partial charge >= 0.3 is 6.09 Å². The summed E-state index contributed by atoms with van der Waals surface area (Å²) in [4.78, 5) is 35.1. The van der Waals surface area contributed by atoms with E-state index in [2.05, 4.69) is 15.3 Å². The number of ether oxygens (including phenoxy) is 2. The predicted octanol–water partition coefficient (Wildman–Crippen LogP) is 5.18. The molecule has 1 saturated heterocycles. The van der Waals surface area contributed by atoms with E-state index < -0.39 is 11.0 Å². The van der Waals surface area contributed by atoms with Crippen LogP contribution in [0.25, 0.3) is 16.7 Å². The Balaban J connectivity index is 1.42. The van der Waals surface area contributed by atoms with Crippen molar-refractivity contribution in [1.29, 1.82) is 0 Å². The monoisotopic (exact) mass is 493 g/mol. The van der Waals surface area contributed by atoms with Crippen LogP contribution in [0.3, 0.4) is 0 Å². The van der Waals surface area contributed by atoms with Crippen molar-refractivity contribution in [3.8, 4) is 11.7 Å². The van der Waals surface area contributed by atoms with Gasteiger partial charge in [0.2, 0.25) is 11.8 Å². The molecule has 4 rings (SSSR count). The first-order chi connectivity index (χ1) is 16.9. The molecule has 0 aliphatic carbocycles. The smallest absolute Gasteiger partial charge is 0.410 e. The van der Waals surface area contributed by atoms with Crippen LogP contribution in [0.2, 0.25) is 0 Å². The minimum Gasteiger partial charge on any atom is -0.474 e. The fourth-order valence-corrected chi connectivity index (χ4v) is 3.92. The summed E-state index contributed by atoms with van der Waals surface area (Å²) in [5, 5.41) is 3.96. The molecule has 0 saturated carbocycles. The van der Waals surface area contributed by atoms with Crippen LogP contribution < -0.4 is 10.1 Å². The molecule has 3 heterocycles. The molecule has 0 bridgehead atoms. The lowest BCUT2D eigenvalue weighted by Gasteiger charge is -2.33. The largest absolute Gasteiger partial charge is 0.474 e. The third-order valence-corrected chi connectivity index (χ3v) is 5.88. The zero-order valence-corrected chi connectivity index (χ0v) is 21.9. The maximum absolute atomic E-state index is 12.3. The Morgan fingerprint density at radius 3 is 2.39 bits per heavy atom. The summed E-state index contributed by atoms with van der Waals surface area (Å²) >= 11 is 0. The van der Waals surface area contributed by atoms with E-state index in [-0.39, 0.29) is 18.1 Å². The van der Waals surface area contributed by atoms with Gasteiger partial charge in [-0.05, 0) is 45.0 Å². The lowest BCUT2D eigenvalue weighted by molar-refractivity contribution is -0.123. The Labute approximate surface area is 211 Å². The minimum absolute atomic E-state index is 0.0317. The number of hydrogen-bond acceptors (Lipinski definition) is 6. The van der Waals surface area contributed by atoms with Crippen molar-refractivity contribution in [2.75, 3.05) is 18.4 Å². The summed E-state index contributed by atoms with van der Waals surface area (Å²) in [6.07, 6.45) is 4.51. The van der Waals surface area contributed by atoms with Gasteiger partial charge in [-0.3, -0.25) is 4.79 Å². The average Bonchev–Trinajstić information content (AvgIpc) is 3.21. The maximum atomic E-state index is 12.3. The van der Waals surface area contributed by atoms with Crippen LogP contribution in [-0.2, 0) is 9.53 Å². The quantitative estimate of drug-likeness (QED) is 0.538. The van der Waals surface area contributed by atoms with Crippen molar-refractivity contribution in [3.63, 3.8) is 0 Å². The summed E-state index contributed by atoms with van der Waals surface area (Å²) in [6, 6.07) is 9.60. The number of benzene rings is 1. The number of nitrogens with one attached hydrogen (secondary N) is 1. The standard InChI is InChI=1S/C27H35N5O4/c1-26(2,3)24(33)30-19-7-8-21-18(15-19)9-14-32(21)22-16-23(29-17-28-22)35-20-10-12-31(13-11-20)25(34)36-27(4,5)6/h7-9,14-17,20H,10-13H2,1-6H3,(H,30,33). The molecular formula is C27H35N5O4. The highest BCUT2D eigenvalue weighted by atomic mass is 16.6. The Kier molecular flexibility index (Phi) is 6.93. The molecule has 3 aromatic rings. The van der Waals surface area contributed by atoms with Crippen LogP contribution in [0.15, 0.2) is 42.9 Å². The molecule has 1 aliphatic heterocycles. The van der Waals surface area contributed by atoms with Crippen LogP contribution in [0.5, 0.6) is 5.88 Å². The fraction of sp³-hybridized carbons (Fsp3) is 0.481. The van der Waals surface area contributed by atoms with Gasteiger partial charge in [0.15, 0.2) is 0 Å². The van der Waals surface area contributed by atoms with E-state index in [1.807, 2.05) is 82.6 Å². The van der Waals surface area contributed by atoms with E-state index in [0.717, 1.165) is 16.6 Å². The van der Waals surface area contributed by atoms with Crippen molar-refractivity contribution in [2.45, 2.75) is 66.1 Å². The normalized spacial score (nSPS) is 15.1. The van der Waals surface area contributed by atoms with Gasteiger partial charge in [-0.25, -0.2) is 14.8 Å². The topological polar surface area (TPSA) is 98.6 Å². The van der Waals surface area contributed by atoms with Crippen molar-refractivity contribution in [1.82, 2.24) is 19.4 Å². The molecular weight excluding hydrogens is 458 g/mol. The van der Waals surface area contributed by atoms with E-state index >= 15 is 0 Å². The van der Waals surface area contributed by atoms with Crippen molar-refractivity contribution in [2.24, 2.45) is 5.41 Å². The molecule has 1 N–H and O–H groups in total. The number of carbonyl (C=O) groups excluding carboxylic acids is 2. The van der Waals surface area contributed by atoms with Gasteiger partial charge in [0, 0.05) is 54.7 Å². The highest BCUT2D eigenvalue weighted by molar-refractivity contribution is 5.96. The first kappa shape index (κ1) is 25.5. The second-order valence-electron chi connectivity index (χ2n) is 11.2. The minimum atomic E-state index is -0.508. The maximum Gasteiger partial charge on any atom is 0.410 e. The highest BCUT2D eigenvalue weighted by Gasteiger charge is 2.28. The van der Waals surface area contributed by atoms with Crippen molar-refractivity contribution >= 4 is 28.6 Å². The molecule has 1 aromatic carbocycles. The molecule has 0 radical (unpaired) electrons. The number of aromatic nitrogens is 3. The lowest BCUT2D eigenvalue weighted by atomic mass is 9.95. The van der Waals surface area contributed by atoms with E-state index in [9.17, 15) is 9.59 Å². The first-order valence-corrected chi connectivity index (χ1v) is 12.3. The lowest BCUT2D eigenvalue weighted by Crippen LogP contribution is -2.44. The molecule has 0 atom stereocenters. The molecule has 192 valence electrons. The molecule has 0 spiro atoms. The molecule has 2 aromatic heterocycles. The Morgan fingerprint density at radius 2 is 1.72 bits per heavy atom. The molecule has 2 amide bonds. The van der Waals surface area contributed by atoms with Crippen LogP contribution in [0, 0.1) is 5.41 Å². The van der Waals surface area contributed by atoms with E-state index in [1.165, 1.54) is 6.33 Å². The number of likely N-dealkylation sites (tertiary alicyclic amines) is 1.